The summed E-state index contributed by atoms with van der Waals surface area (Å²) in [4.78, 5) is 21.5. The van der Waals surface area contributed by atoms with Gasteiger partial charge in [-0.1, -0.05) is 25.6 Å². The predicted molar refractivity (Wildman–Crippen MR) is 97.4 cm³/mol. The van der Waals surface area contributed by atoms with E-state index in [0.29, 0.717) is 17.2 Å². The zero-order valence-corrected chi connectivity index (χ0v) is 15.5. The average Bonchev–Trinajstić information content (AvgIpc) is 3.01. The van der Waals surface area contributed by atoms with E-state index in [1.165, 1.54) is 11.8 Å². The van der Waals surface area contributed by atoms with Gasteiger partial charge in [-0.15, -0.1) is 0 Å². The lowest BCUT2D eigenvalue weighted by Crippen LogP contribution is -2.22. The van der Waals surface area contributed by atoms with E-state index in [-0.39, 0.29) is 23.9 Å². The first kappa shape index (κ1) is 17.5. The number of benzene rings is 1. The molecule has 0 radical (unpaired) electrons. The van der Waals surface area contributed by atoms with Crippen molar-refractivity contribution < 1.29 is 14.3 Å². The van der Waals surface area contributed by atoms with Crippen LogP contribution in [0.3, 0.4) is 0 Å². The second kappa shape index (κ2) is 7.31. The number of hydrogen-bond acceptors (Lipinski definition) is 6. The molecule has 7 heteroatoms. The Kier molecular flexibility index (Phi) is 5.13. The van der Waals surface area contributed by atoms with Gasteiger partial charge in [-0.05, 0) is 32.0 Å². The lowest BCUT2D eigenvalue weighted by Gasteiger charge is -2.13. The predicted octanol–water partition coefficient (Wildman–Crippen LogP) is 3.76. The Morgan fingerprint density at radius 3 is 2.68 bits per heavy atom. The average molecular weight is 359 g/mol. The van der Waals surface area contributed by atoms with Gasteiger partial charge in [-0.3, -0.25) is 4.79 Å². The summed E-state index contributed by atoms with van der Waals surface area (Å²) in [6.45, 7) is 8.12. The Morgan fingerprint density at radius 1 is 1.16 bits per heavy atom. The normalized spacial score (nSPS) is 13.8. The Labute approximate surface area is 151 Å². The molecule has 1 atom stereocenters. The fourth-order valence-corrected chi connectivity index (χ4v) is 3.25. The van der Waals surface area contributed by atoms with Crippen LogP contribution in [0.4, 0.5) is 5.69 Å². The van der Waals surface area contributed by atoms with Crippen molar-refractivity contribution in [1.29, 1.82) is 0 Å². The maximum absolute atomic E-state index is 12.5. The van der Waals surface area contributed by atoms with Crippen molar-refractivity contribution in [2.45, 2.75) is 43.9 Å². The van der Waals surface area contributed by atoms with Crippen LogP contribution in [0.1, 0.15) is 38.2 Å². The number of nitrogens with one attached hydrogen (secondary N) is 1. The molecule has 1 N–H and O–H groups in total. The smallest absolute Gasteiger partial charge is 0.237 e. The summed E-state index contributed by atoms with van der Waals surface area (Å²) >= 11 is 1.42. The van der Waals surface area contributed by atoms with Crippen LogP contribution in [0, 0.1) is 6.92 Å². The van der Waals surface area contributed by atoms with Gasteiger partial charge >= 0.3 is 0 Å². The van der Waals surface area contributed by atoms with Gasteiger partial charge in [-0.25, -0.2) is 9.97 Å². The molecule has 1 aliphatic rings. The molecule has 6 nitrogen and oxygen atoms in total. The molecule has 0 fully saturated rings. The number of thioether (sulfide) groups is 1. The molecule has 1 aromatic carbocycles. The van der Waals surface area contributed by atoms with Crippen molar-refractivity contribution in [1.82, 2.24) is 9.97 Å². The number of fused-ring (bicyclic) bond motifs is 1. The molecule has 0 saturated heterocycles. The first-order valence-corrected chi connectivity index (χ1v) is 9.03. The number of rotatable bonds is 5. The molecule has 132 valence electrons. The maximum atomic E-state index is 12.5. The molecule has 1 aliphatic heterocycles. The molecule has 0 bridgehead atoms. The zero-order valence-electron chi connectivity index (χ0n) is 14.7. The summed E-state index contributed by atoms with van der Waals surface area (Å²) in [5, 5.41) is 3.42. The summed E-state index contributed by atoms with van der Waals surface area (Å²) < 4.78 is 10.6. The van der Waals surface area contributed by atoms with Gasteiger partial charge < -0.3 is 14.8 Å². The topological polar surface area (TPSA) is 73.3 Å². The van der Waals surface area contributed by atoms with Crippen molar-refractivity contribution in [3.63, 3.8) is 0 Å². The van der Waals surface area contributed by atoms with Crippen molar-refractivity contribution in [2.24, 2.45) is 0 Å². The van der Waals surface area contributed by atoms with Crippen LogP contribution in [0.25, 0.3) is 0 Å². The van der Waals surface area contributed by atoms with Crippen molar-refractivity contribution in [3.8, 4) is 11.5 Å². The minimum Gasteiger partial charge on any atom is -0.454 e. The number of carbonyl (C=O) groups is 1. The number of carbonyl (C=O) groups excluding carboxylic acids is 1. The number of hydrogen-bond donors (Lipinski definition) is 1. The van der Waals surface area contributed by atoms with Crippen molar-refractivity contribution >= 4 is 23.4 Å². The number of aryl methyl sites for hydroxylation is 1. The fraction of sp³-hybridized carbons (Fsp3) is 0.389. The van der Waals surface area contributed by atoms with Gasteiger partial charge in [0, 0.05) is 23.4 Å². The number of amides is 1. The van der Waals surface area contributed by atoms with E-state index in [4.69, 9.17) is 9.47 Å². The first-order chi connectivity index (χ1) is 11.9. The van der Waals surface area contributed by atoms with E-state index in [1.807, 2.05) is 19.9 Å². The first-order valence-electron chi connectivity index (χ1n) is 8.15. The van der Waals surface area contributed by atoms with E-state index < -0.39 is 0 Å². The second-order valence-corrected chi connectivity index (χ2v) is 7.54. The SMILES string of the molecule is Cc1cc(S[C@@H](C)C(=O)Nc2ccc3c(c2)OCO3)nc(C(C)C)n1. The van der Waals surface area contributed by atoms with Crippen LogP contribution in [0.2, 0.25) is 0 Å². The molecular weight excluding hydrogens is 338 g/mol. The van der Waals surface area contributed by atoms with Gasteiger partial charge in [0.25, 0.3) is 0 Å². The minimum atomic E-state index is -0.292. The molecule has 0 aliphatic carbocycles. The highest BCUT2D eigenvalue weighted by Gasteiger charge is 2.19. The molecule has 1 aromatic heterocycles. The molecule has 1 amide bonds. The largest absolute Gasteiger partial charge is 0.454 e. The summed E-state index contributed by atoms with van der Waals surface area (Å²) in [7, 11) is 0. The number of nitrogens with zero attached hydrogens (tertiary/aromatic N) is 2. The van der Waals surface area contributed by atoms with Gasteiger partial charge in [0.05, 0.1) is 5.25 Å². The standard InChI is InChI=1S/C18H21N3O3S/c1-10(2)17-19-11(3)7-16(21-17)25-12(4)18(22)20-13-5-6-14-15(8-13)24-9-23-14/h5-8,10,12H,9H2,1-4H3,(H,20,22)/t12-/m0/s1. The molecular formula is C18H21N3O3S. The monoisotopic (exact) mass is 359 g/mol. The molecule has 0 unspecified atom stereocenters. The summed E-state index contributed by atoms with van der Waals surface area (Å²) in [6.07, 6.45) is 0. The molecule has 2 heterocycles. The molecule has 25 heavy (non-hydrogen) atoms. The van der Waals surface area contributed by atoms with Crippen molar-refractivity contribution in [2.75, 3.05) is 12.1 Å². The lowest BCUT2D eigenvalue weighted by molar-refractivity contribution is -0.115. The van der Waals surface area contributed by atoms with Crippen LogP contribution < -0.4 is 14.8 Å². The van der Waals surface area contributed by atoms with Crippen LogP contribution in [0.15, 0.2) is 29.3 Å². The molecule has 3 rings (SSSR count). The van der Waals surface area contributed by atoms with Crippen LogP contribution in [0.5, 0.6) is 11.5 Å². The summed E-state index contributed by atoms with van der Waals surface area (Å²) in [6, 6.07) is 7.26. The van der Waals surface area contributed by atoms with Crippen LogP contribution in [-0.4, -0.2) is 27.9 Å². The van der Waals surface area contributed by atoms with Gasteiger partial charge in [0.2, 0.25) is 12.7 Å². The highest BCUT2D eigenvalue weighted by Crippen LogP contribution is 2.34. The van der Waals surface area contributed by atoms with Gasteiger partial charge in [0.1, 0.15) is 10.9 Å². The van der Waals surface area contributed by atoms with E-state index in [1.54, 1.807) is 18.2 Å². The molecule has 0 saturated carbocycles. The summed E-state index contributed by atoms with van der Waals surface area (Å²) in [5.74, 6) is 2.29. The van der Waals surface area contributed by atoms with Crippen molar-refractivity contribution in [3.05, 3.63) is 35.8 Å². The third kappa shape index (κ3) is 4.22. The van der Waals surface area contributed by atoms with Gasteiger partial charge in [-0.2, -0.15) is 0 Å². The maximum Gasteiger partial charge on any atom is 0.237 e. The lowest BCUT2D eigenvalue weighted by atomic mass is 10.2. The Bertz CT molecular complexity index is 795. The quantitative estimate of drug-likeness (QED) is 0.647. The Balaban J connectivity index is 1.67. The molecule has 0 spiro atoms. The van der Waals surface area contributed by atoms with Gasteiger partial charge in [0.15, 0.2) is 11.5 Å². The van der Waals surface area contributed by atoms with Crippen LogP contribution >= 0.6 is 11.8 Å². The number of ether oxygens (including phenoxy) is 2. The second-order valence-electron chi connectivity index (χ2n) is 6.18. The number of anilines is 1. The molecule has 2 aromatic rings. The fourth-order valence-electron chi connectivity index (χ4n) is 2.33. The van der Waals surface area contributed by atoms with Crippen LogP contribution in [-0.2, 0) is 4.79 Å². The van der Waals surface area contributed by atoms with E-state index in [9.17, 15) is 4.79 Å². The highest BCUT2D eigenvalue weighted by atomic mass is 32.2. The van der Waals surface area contributed by atoms with E-state index in [2.05, 4.69) is 29.1 Å². The number of aromatic nitrogens is 2. The van der Waals surface area contributed by atoms with E-state index >= 15 is 0 Å². The third-order valence-electron chi connectivity index (χ3n) is 3.67. The Hall–Kier alpha value is -2.28. The zero-order chi connectivity index (χ0) is 18.0. The van der Waals surface area contributed by atoms with E-state index in [0.717, 1.165) is 16.5 Å². The highest BCUT2D eigenvalue weighted by molar-refractivity contribution is 8.00. The summed E-state index contributed by atoms with van der Waals surface area (Å²) in [5.41, 5.74) is 1.59. The minimum absolute atomic E-state index is 0.0915. The Morgan fingerprint density at radius 2 is 1.92 bits per heavy atom. The third-order valence-corrected chi connectivity index (χ3v) is 4.69.